The Bertz CT molecular complexity index is 295. The van der Waals surface area contributed by atoms with E-state index < -0.39 is 0 Å². The van der Waals surface area contributed by atoms with Crippen LogP contribution in [0.3, 0.4) is 0 Å². The molecule has 2 heterocycles. The summed E-state index contributed by atoms with van der Waals surface area (Å²) in [6.07, 6.45) is 2.51. The molecule has 0 aromatic carbocycles. The van der Waals surface area contributed by atoms with Gasteiger partial charge in [0.2, 0.25) is 0 Å². The van der Waals surface area contributed by atoms with Gasteiger partial charge < -0.3 is 10.2 Å². The Morgan fingerprint density at radius 1 is 1.40 bits per heavy atom. The van der Waals surface area contributed by atoms with Crippen molar-refractivity contribution in [1.29, 1.82) is 0 Å². The Morgan fingerprint density at radius 3 is 2.87 bits per heavy atom. The Morgan fingerprint density at radius 2 is 2.20 bits per heavy atom. The van der Waals surface area contributed by atoms with Crippen molar-refractivity contribution < 1.29 is 0 Å². The summed E-state index contributed by atoms with van der Waals surface area (Å²) in [6, 6.07) is 2.24. The van der Waals surface area contributed by atoms with Crippen molar-refractivity contribution in [3.63, 3.8) is 0 Å². The van der Waals surface area contributed by atoms with Crippen molar-refractivity contribution in [2.45, 2.75) is 12.8 Å². The fraction of sp³-hybridized carbons (Fsp3) is 0.636. The quantitative estimate of drug-likeness (QED) is 0.915. The highest BCUT2D eigenvalue weighted by molar-refractivity contribution is 9.10. The molecule has 1 N–H and O–H groups in total. The van der Waals surface area contributed by atoms with Crippen LogP contribution in [0.25, 0.3) is 0 Å². The molecule has 0 aliphatic carbocycles. The molecule has 0 radical (unpaired) electrons. The lowest BCUT2D eigenvalue weighted by Crippen LogP contribution is -2.43. The molecule has 0 spiro atoms. The molecule has 1 aromatic heterocycles. The van der Waals surface area contributed by atoms with Gasteiger partial charge in [-0.05, 0) is 41.4 Å². The smallest absolute Gasteiger partial charge is 0.0285 e. The molecule has 4 heteroatoms. The molecule has 0 bridgehead atoms. The van der Waals surface area contributed by atoms with E-state index in [1.807, 2.05) is 11.3 Å². The third kappa shape index (κ3) is 3.87. The fourth-order valence-corrected chi connectivity index (χ4v) is 3.39. The van der Waals surface area contributed by atoms with Crippen LogP contribution in [0.15, 0.2) is 15.9 Å². The summed E-state index contributed by atoms with van der Waals surface area (Å²) in [4.78, 5) is 4.05. The number of halogens is 1. The molecular formula is C11H17BrN2S. The molecule has 1 fully saturated rings. The van der Waals surface area contributed by atoms with Crippen LogP contribution in [0.1, 0.15) is 11.3 Å². The van der Waals surface area contributed by atoms with E-state index in [2.05, 4.69) is 37.6 Å². The third-order valence-electron chi connectivity index (χ3n) is 2.73. The van der Waals surface area contributed by atoms with Gasteiger partial charge in [-0.1, -0.05) is 0 Å². The van der Waals surface area contributed by atoms with E-state index in [4.69, 9.17) is 0 Å². The minimum Gasteiger partial charge on any atom is -0.314 e. The lowest BCUT2D eigenvalue weighted by atomic mass is 10.2. The first-order valence-electron chi connectivity index (χ1n) is 5.50. The number of nitrogens with zero attached hydrogens (tertiary/aromatic N) is 1. The molecule has 1 saturated heterocycles. The topological polar surface area (TPSA) is 15.3 Å². The fourth-order valence-electron chi connectivity index (χ4n) is 1.90. The summed E-state index contributed by atoms with van der Waals surface area (Å²) >= 11 is 5.35. The highest BCUT2D eigenvalue weighted by Crippen LogP contribution is 2.20. The Labute approximate surface area is 104 Å². The van der Waals surface area contributed by atoms with Gasteiger partial charge in [-0.2, -0.15) is 0 Å². The molecule has 2 nitrogen and oxygen atoms in total. The molecule has 2 rings (SSSR count). The van der Waals surface area contributed by atoms with Crippen LogP contribution in [0.4, 0.5) is 0 Å². The van der Waals surface area contributed by atoms with Gasteiger partial charge in [0.05, 0.1) is 0 Å². The van der Waals surface area contributed by atoms with Gasteiger partial charge in [0.15, 0.2) is 0 Å². The van der Waals surface area contributed by atoms with Crippen LogP contribution < -0.4 is 5.32 Å². The van der Waals surface area contributed by atoms with E-state index in [0.29, 0.717) is 0 Å². The van der Waals surface area contributed by atoms with Crippen LogP contribution in [-0.4, -0.2) is 37.6 Å². The molecule has 0 atom stereocenters. The molecule has 84 valence electrons. The summed E-state index contributed by atoms with van der Waals surface area (Å²) in [5.41, 5.74) is 0. The first-order chi connectivity index (χ1) is 7.34. The standard InChI is InChI=1S/C11H17BrN2S/c12-10-8-11(15-9-10)2-1-5-14-6-3-13-4-7-14/h8-9,13H,1-7H2. The number of piperazine rings is 1. The molecule has 0 saturated carbocycles. The average Bonchev–Trinajstić information content (AvgIpc) is 2.66. The molecular weight excluding hydrogens is 272 g/mol. The highest BCUT2D eigenvalue weighted by Gasteiger charge is 2.08. The number of rotatable bonds is 4. The van der Waals surface area contributed by atoms with Crippen molar-refractivity contribution in [3.8, 4) is 0 Å². The Balaban J connectivity index is 1.65. The zero-order valence-corrected chi connectivity index (χ0v) is 11.2. The Hall–Kier alpha value is 0.1000. The van der Waals surface area contributed by atoms with Crippen LogP contribution >= 0.6 is 27.3 Å². The van der Waals surface area contributed by atoms with Crippen molar-refractivity contribution in [3.05, 3.63) is 20.8 Å². The van der Waals surface area contributed by atoms with Gasteiger partial charge in [0, 0.05) is 40.9 Å². The first-order valence-corrected chi connectivity index (χ1v) is 7.18. The van der Waals surface area contributed by atoms with E-state index in [1.54, 1.807) is 0 Å². The van der Waals surface area contributed by atoms with E-state index in [9.17, 15) is 0 Å². The second-order valence-electron chi connectivity index (χ2n) is 3.93. The number of thiophene rings is 1. The van der Waals surface area contributed by atoms with Gasteiger partial charge >= 0.3 is 0 Å². The van der Waals surface area contributed by atoms with Crippen LogP contribution in [0.5, 0.6) is 0 Å². The summed E-state index contributed by atoms with van der Waals surface area (Å²) in [7, 11) is 0. The number of hydrogen-bond acceptors (Lipinski definition) is 3. The summed E-state index contributed by atoms with van der Waals surface area (Å²) in [5, 5.41) is 5.55. The molecule has 0 amide bonds. The number of nitrogens with one attached hydrogen (secondary N) is 1. The normalized spacial score (nSPS) is 18.2. The second-order valence-corrected chi connectivity index (χ2v) is 5.84. The summed E-state index contributed by atoms with van der Waals surface area (Å²) in [6.45, 7) is 5.99. The van der Waals surface area contributed by atoms with Crippen LogP contribution in [0.2, 0.25) is 0 Å². The van der Waals surface area contributed by atoms with Gasteiger partial charge in [-0.15, -0.1) is 11.3 Å². The van der Waals surface area contributed by atoms with Gasteiger partial charge in [-0.3, -0.25) is 0 Å². The van der Waals surface area contributed by atoms with Crippen molar-refractivity contribution >= 4 is 27.3 Å². The van der Waals surface area contributed by atoms with E-state index in [-0.39, 0.29) is 0 Å². The SMILES string of the molecule is Brc1csc(CCCN2CCNCC2)c1. The molecule has 1 aromatic rings. The van der Waals surface area contributed by atoms with E-state index in [0.717, 1.165) is 13.1 Å². The third-order valence-corrected chi connectivity index (χ3v) is 4.49. The maximum Gasteiger partial charge on any atom is 0.0285 e. The van der Waals surface area contributed by atoms with Crippen LogP contribution in [-0.2, 0) is 6.42 Å². The van der Waals surface area contributed by atoms with Crippen LogP contribution in [0, 0.1) is 0 Å². The zero-order chi connectivity index (χ0) is 10.5. The monoisotopic (exact) mass is 288 g/mol. The predicted octanol–water partition coefficient (Wildman–Crippen LogP) is 2.35. The zero-order valence-electron chi connectivity index (χ0n) is 8.84. The van der Waals surface area contributed by atoms with Crippen molar-refractivity contribution in [1.82, 2.24) is 10.2 Å². The average molecular weight is 289 g/mol. The van der Waals surface area contributed by atoms with E-state index >= 15 is 0 Å². The molecule has 1 aliphatic rings. The summed E-state index contributed by atoms with van der Waals surface area (Å²) < 4.78 is 1.23. The maximum absolute atomic E-state index is 3.49. The second kappa shape index (κ2) is 5.99. The largest absolute Gasteiger partial charge is 0.314 e. The number of aryl methyl sites for hydroxylation is 1. The highest BCUT2D eigenvalue weighted by atomic mass is 79.9. The molecule has 1 aliphatic heterocycles. The summed E-state index contributed by atoms with van der Waals surface area (Å²) in [5.74, 6) is 0. The lowest BCUT2D eigenvalue weighted by molar-refractivity contribution is 0.239. The van der Waals surface area contributed by atoms with Gasteiger partial charge in [0.25, 0.3) is 0 Å². The minimum atomic E-state index is 1.16. The molecule has 15 heavy (non-hydrogen) atoms. The van der Waals surface area contributed by atoms with Crippen molar-refractivity contribution in [2.75, 3.05) is 32.7 Å². The number of hydrogen-bond donors (Lipinski definition) is 1. The van der Waals surface area contributed by atoms with Gasteiger partial charge in [0.1, 0.15) is 0 Å². The maximum atomic E-state index is 3.49. The predicted molar refractivity (Wildman–Crippen MR) is 69.6 cm³/mol. The lowest BCUT2D eigenvalue weighted by Gasteiger charge is -2.26. The Kier molecular flexibility index (Phi) is 4.62. The first kappa shape index (κ1) is 11.6. The van der Waals surface area contributed by atoms with E-state index in [1.165, 1.54) is 41.8 Å². The minimum absolute atomic E-state index is 1.16. The van der Waals surface area contributed by atoms with Crippen molar-refractivity contribution in [2.24, 2.45) is 0 Å². The molecule has 0 unspecified atom stereocenters. The van der Waals surface area contributed by atoms with Gasteiger partial charge in [-0.25, -0.2) is 0 Å².